The first-order valence-electron chi connectivity index (χ1n) is 10.5. The first-order valence-corrected chi connectivity index (χ1v) is 10.5. The van der Waals surface area contributed by atoms with Crippen LogP contribution in [-0.2, 0) is 19.1 Å². The fourth-order valence-electron chi connectivity index (χ4n) is 4.94. The van der Waals surface area contributed by atoms with E-state index >= 15 is 0 Å². The van der Waals surface area contributed by atoms with Gasteiger partial charge in [0.15, 0.2) is 0 Å². The van der Waals surface area contributed by atoms with Crippen LogP contribution in [0.3, 0.4) is 0 Å². The number of aliphatic hydroxyl groups is 1. The summed E-state index contributed by atoms with van der Waals surface area (Å²) in [5.74, 6) is 0.0658. The second-order valence-electron chi connectivity index (χ2n) is 9.49. The van der Waals surface area contributed by atoms with Gasteiger partial charge >= 0.3 is 0 Å². The number of carbonyl (C=O) groups is 2. The largest absolute Gasteiger partial charge is 0.381 e. The van der Waals surface area contributed by atoms with Crippen LogP contribution < -0.4 is 0 Å². The Kier molecular flexibility index (Phi) is 9.00. The molecule has 1 N–H and O–H groups in total. The average Bonchev–Trinajstić information content (AvgIpc) is 2.95. The lowest BCUT2D eigenvalue weighted by molar-refractivity contribution is -0.189. The van der Waals surface area contributed by atoms with E-state index in [1.807, 2.05) is 13.8 Å². The summed E-state index contributed by atoms with van der Waals surface area (Å²) < 4.78 is 10.1. The molecule has 29 heavy (non-hydrogen) atoms. The smallest absolute Gasteiger partial charge is 0.220 e. The molecule has 5 nitrogen and oxygen atoms in total. The first kappa shape index (κ1) is 25.7. The van der Waals surface area contributed by atoms with Gasteiger partial charge in [0.05, 0.1) is 0 Å². The van der Waals surface area contributed by atoms with Crippen LogP contribution in [0.5, 0.6) is 0 Å². The summed E-state index contributed by atoms with van der Waals surface area (Å²) in [6.07, 6.45) is 8.21. The summed E-state index contributed by atoms with van der Waals surface area (Å²) in [4.78, 5) is 22.5. The Balaban J connectivity index is 0.000000331. The number of ether oxygens (including phenoxy) is 2. The third-order valence-electron chi connectivity index (χ3n) is 7.38. The number of ketones is 1. The average molecular weight is 409 g/mol. The van der Waals surface area contributed by atoms with Crippen molar-refractivity contribution in [3.8, 4) is 0 Å². The van der Waals surface area contributed by atoms with E-state index in [0.29, 0.717) is 12.3 Å². The van der Waals surface area contributed by atoms with Crippen molar-refractivity contribution < 1.29 is 24.2 Å². The lowest BCUT2D eigenvalue weighted by Crippen LogP contribution is -2.56. The summed E-state index contributed by atoms with van der Waals surface area (Å²) in [7, 11) is 2.85. The van der Waals surface area contributed by atoms with Crippen molar-refractivity contribution in [2.75, 3.05) is 14.2 Å². The van der Waals surface area contributed by atoms with Crippen molar-refractivity contribution in [1.29, 1.82) is 0 Å². The minimum Gasteiger partial charge on any atom is -0.381 e. The van der Waals surface area contributed by atoms with E-state index in [2.05, 4.69) is 33.8 Å². The Morgan fingerprint density at radius 2 is 1.76 bits per heavy atom. The summed E-state index contributed by atoms with van der Waals surface area (Å²) in [5.41, 5.74) is 0.748. The third kappa shape index (κ3) is 5.07. The zero-order valence-corrected chi connectivity index (χ0v) is 19.5. The maximum atomic E-state index is 12.5. The molecule has 2 bridgehead atoms. The van der Waals surface area contributed by atoms with Gasteiger partial charge in [-0.25, -0.2) is 0 Å². The van der Waals surface area contributed by atoms with Crippen molar-refractivity contribution in [2.45, 2.75) is 85.5 Å². The van der Waals surface area contributed by atoms with E-state index < -0.39 is 17.3 Å². The molecule has 5 heteroatoms. The van der Waals surface area contributed by atoms with Gasteiger partial charge in [0, 0.05) is 19.6 Å². The van der Waals surface area contributed by atoms with Gasteiger partial charge in [0.2, 0.25) is 12.1 Å². The number of methoxy groups -OCH3 is 2. The second kappa shape index (κ2) is 10.1. The first-order chi connectivity index (χ1) is 13.4. The van der Waals surface area contributed by atoms with E-state index in [1.54, 1.807) is 6.08 Å². The van der Waals surface area contributed by atoms with Crippen molar-refractivity contribution in [2.24, 2.45) is 16.7 Å². The van der Waals surface area contributed by atoms with Crippen LogP contribution in [0.25, 0.3) is 0 Å². The molecule has 0 spiro atoms. The maximum absolute atomic E-state index is 12.5. The molecule has 0 aliphatic heterocycles. The molecule has 0 saturated heterocycles. The fraction of sp³-hybridized carbons (Fsp3) is 0.750. The summed E-state index contributed by atoms with van der Waals surface area (Å²) >= 11 is 0. The summed E-state index contributed by atoms with van der Waals surface area (Å²) in [6.45, 7) is 12.5. The van der Waals surface area contributed by atoms with E-state index in [-0.39, 0.29) is 11.2 Å². The Labute approximate surface area is 176 Å². The standard InChI is InChI=1S/C14H24O4.C10H16O/c1-12(2)9-6-7-13(12,3)14(16,8-9)10(15)11(17-4)18-5;1-9(2)5-4-6-10(3)7-8-11/h9,11,16H,6-8H2,1-5H3;5,7-8H,4,6H2,1-3H3. The number of carbonyl (C=O) groups excluding carboxylic acids is 2. The zero-order valence-electron chi connectivity index (χ0n) is 19.5. The number of fused-ring (bicyclic) bond motifs is 2. The fourth-order valence-corrected chi connectivity index (χ4v) is 4.94. The highest BCUT2D eigenvalue weighted by molar-refractivity contribution is 5.91. The Morgan fingerprint density at radius 3 is 2.14 bits per heavy atom. The number of aldehydes is 1. The normalized spacial score (nSPS) is 30.0. The number of allylic oxidation sites excluding steroid dienone is 4. The quantitative estimate of drug-likeness (QED) is 0.274. The minimum absolute atomic E-state index is 0.0244. The van der Waals surface area contributed by atoms with Crippen LogP contribution in [0.15, 0.2) is 23.3 Å². The molecule has 0 aromatic carbocycles. The van der Waals surface area contributed by atoms with E-state index in [1.165, 1.54) is 19.8 Å². The lowest BCUT2D eigenvalue weighted by Gasteiger charge is -2.44. The molecule has 0 aromatic heterocycles. The monoisotopic (exact) mass is 408 g/mol. The van der Waals surface area contributed by atoms with E-state index in [4.69, 9.17) is 9.47 Å². The van der Waals surface area contributed by atoms with Crippen LogP contribution in [0.1, 0.15) is 73.6 Å². The van der Waals surface area contributed by atoms with Crippen LogP contribution in [0.2, 0.25) is 0 Å². The molecule has 0 amide bonds. The van der Waals surface area contributed by atoms with Crippen molar-refractivity contribution >= 4 is 12.1 Å². The molecule has 2 aliphatic rings. The molecule has 2 rings (SSSR count). The summed E-state index contributed by atoms with van der Waals surface area (Å²) in [5, 5.41) is 11.0. The molecule has 166 valence electrons. The predicted molar refractivity (Wildman–Crippen MR) is 115 cm³/mol. The molecular formula is C24H40O5. The molecule has 3 atom stereocenters. The van der Waals surface area contributed by atoms with Crippen molar-refractivity contribution in [1.82, 2.24) is 0 Å². The Morgan fingerprint density at radius 1 is 1.17 bits per heavy atom. The number of hydrogen-bond acceptors (Lipinski definition) is 5. The van der Waals surface area contributed by atoms with Gasteiger partial charge in [-0.05, 0) is 70.3 Å². The van der Waals surface area contributed by atoms with Gasteiger partial charge in [-0.1, -0.05) is 38.0 Å². The highest BCUT2D eigenvalue weighted by atomic mass is 16.7. The number of hydrogen-bond donors (Lipinski definition) is 1. The van der Waals surface area contributed by atoms with E-state index in [0.717, 1.165) is 37.5 Å². The Bertz CT molecular complexity index is 640. The molecular weight excluding hydrogens is 368 g/mol. The zero-order chi connectivity index (χ0) is 22.5. The van der Waals surface area contributed by atoms with Gasteiger partial charge in [-0.3, -0.25) is 9.59 Å². The topological polar surface area (TPSA) is 72.8 Å². The SMILES string of the molecule is CC(C)=CCCC(C)=CC=O.COC(OC)C(=O)C1(O)CC2CCC1(C)C2(C)C. The molecule has 0 heterocycles. The van der Waals surface area contributed by atoms with Crippen molar-refractivity contribution in [3.63, 3.8) is 0 Å². The molecule has 3 unspecified atom stereocenters. The highest BCUT2D eigenvalue weighted by Gasteiger charge is 2.71. The van der Waals surface area contributed by atoms with Gasteiger partial charge in [0.1, 0.15) is 11.9 Å². The summed E-state index contributed by atoms with van der Waals surface area (Å²) in [6, 6.07) is 0. The number of Topliss-reactive ketones (excluding diaryl/α,β-unsaturated/α-hetero) is 1. The van der Waals surface area contributed by atoms with E-state index in [9.17, 15) is 14.7 Å². The predicted octanol–water partition coefficient (Wildman–Crippen LogP) is 4.63. The second-order valence-corrected chi connectivity index (χ2v) is 9.49. The highest BCUT2D eigenvalue weighted by Crippen LogP contribution is 2.69. The van der Waals surface area contributed by atoms with Crippen LogP contribution in [-0.4, -0.2) is 43.3 Å². The van der Waals surface area contributed by atoms with Crippen LogP contribution in [0.4, 0.5) is 0 Å². The van der Waals surface area contributed by atoms with Gasteiger partial charge < -0.3 is 14.6 Å². The van der Waals surface area contributed by atoms with Crippen LogP contribution in [0, 0.1) is 16.7 Å². The lowest BCUT2D eigenvalue weighted by atomic mass is 9.63. The van der Waals surface area contributed by atoms with Gasteiger partial charge in [-0.15, -0.1) is 0 Å². The molecule has 2 saturated carbocycles. The molecule has 0 aromatic rings. The Hall–Kier alpha value is -1.30. The molecule has 0 radical (unpaired) electrons. The van der Waals surface area contributed by atoms with Gasteiger partial charge in [-0.2, -0.15) is 0 Å². The van der Waals surface area contributed by atoms with Crippen molar-refractivity contribution in [3.05, 3.63) is 23.3 Å². The van der Waals surface area contributed by atoms with Crippen LogP contribution >= 0.6 is 0 Å². The third-order valence-corrected chi connectivity index (χ3v) is 7.38. The number of rotatable bonds is 8. The molecule has 2 aliphatic carbocycles. The maximum Gasteiger partial charge on any atom is 0.220 e. The minimum atomic E-state index is -1.32. The molecule has 2 fully saturated rings. The van der Waals surface area contributed by atoms with Gasteiger partial charge in [0.25, 0.3) is 0 Å².